The van der Waals surface area contributed by atoms with Crippen molar-refractivity contribution in [2.24, 2.45) is 0 Å². The Morgan fingerprint density at radius 3 is 2.10 bits per heavy atom. The molecule has 0 atom stereocenters. The van der Waals surface area contributed by atoms with Crippen molar-refractivity contribution in [1.82, 2.24) is 4.72 Å². The highest BCUT2D eigenvalue weighted by Gasteiger charge is 2.20. The molecule has 1 rings (SSSR count). The second kappa shape index (κ2) is 6.64. The van der Waals surface area contributed by atoms with E-state index >= 15 is 0 Å². The van der Waals surface area contributed by atoms with Crippen LogP contribution in [0.4, 0.5) is 0 Å². The third-order valence-electron chi connectivity index (χ3n) is 2.08. The molecule has 1 amide bonds. The van der Waals surface area contributed by atoms with Crippen LogP contribution in [0.3, 0.4) is 0 Å². The summed E-state index contributed by atoms with van der Waals surface area (Å²) in [5.74, 6) is -0.363. The van der Waals surface area contributed by atoms with Gasteiger partial charge in [-0.25, -0.2) is 13.1 Å². The van der Waals surface area contributed by atoms with Crippen molar-refractivity contribution in [3.05, 3.63) is 24.3 Å². The first-order chi connectivity index (χ1) is 9.22. The number of rotatable bonds is 6. The molecular weight excluding hydrogens is 325 g/mol. The molecule has 0 aromatic heterocycles. The van der Waals surface area contributed by atoms with Gasteiger partial charge in [-0.2, -0.15) is 0 Å². The predicted octanol–water partition coefficient (Wildman–Crippen LogP) is 1.41. The average Bonchev–Trinajstić information content (AvgIpc) is 2.38. The second-order valence-corrected chi connectivity index (χ2v) is 8.37. The van der Waals surface area contributed by atoms with E-state index in [0.29, 0.717) is 5.75 Å². The highest BCUT2D eigenvalue weighted by Crippen LogP contribution is 2.48. The monoisotopic (exact) mass is 339 g/mol. The van der Waals surface area contributed by atoms with Crippen molar-refractivity contribution in [3.63, 3.8) is 0 Å². The van der Waals surface area contributed by atoms with Crippen LogP contribution in [0, 0.1) is 0 Å². The van der Waals surface area contributed by atoms with Gasteiger partial charge in [-0.1, -0.05) is 0 Å². The fraction of sp³-hybridized carbons (Fsp3) is 0.300. The molecular formula is C10H14NO6PS2. The molecule has 0 aliphatic heterocycles. The van der Waals surface area contributed by atoms with E-state index in [1.807, 2.05) is 4.72 Å². The molecule has 1 N–H and O–H groups in total. The number of carbonyl (C=O) groups is 1. The van der Waals surface area contributed by atoms with Gasteiger partial charge in [0, 0.05) is 33.0 Å². The van der Waals surface area contributed by atoms with Gasteiger partial charge in [0.15, 0.2) is 0 Å². The maximum absolute atomic E-state index is 11.7. The summed E-state index contributed by atoms with van der Waals surface area (Å²) >= 11 is 5.02. The number of hydrogen-bond acceptors (Lipinski definition) is 7. The van der Waals surface area contributed by atoms with Crippen molar-refractivity contribution >= 4 is 34.5 Å². The Hall–Kier alpha value is -0.990. The van der Waals surface area contributed by atoms with E-state index in [-0.39, 0.29) is 4.90 Å². The Morgan fingerprint density at radius 2 is 1.70 bits per heavy atom. The molecule has 0 aliphatic rings. The van der Waals surface area contributed by atoms with E-state index in [1.165, 1.54) is 38.5 Å². The largest absolute Gasteiger partial charge is 0.424 e. The van der Waals surface area contributed by atoms with E-state index in [9.17, 15) is 13.2 Å². The normalized spacial score (nSPS) is 11.9. The number of benzene rings is 1. The van der Waals surface area contributed by atoms with Crippen LogP contribution in [0.15, 0.2) is 29.2 Å². The van der Waals surface area contributed by atoms with E-state index in [1.54, 1.807) is 0 Å². The van der Waals surface area contributed by atoms with Gasteiger partial charge in [0.1, 0.15) is 5.75 Å². The lowest BCUT2D eigenvalue weighted by Crippen LogP contribution is -2.28. The number of hydrogen-bond donors (Lipinski definition) is 1. The molecule has 0 saturated carbocycles. The highest BCUT2D eigenvalue weighted by atomic mass is 32.5. The summed E-state index contributed by atoms with van der Waals surface area (Å²) < 4.78 is 40.5. The number of nitrogens with one attached hydrogen (secondary N) is 1. The molecule has 1 aromatic carbocycles. The van der Waals surface area contributed by atoms with Crippen molar-refractivity contribution in [1.29, 1.82) is 0 Å². The van der Waals surface area contributed by atoms with Gasteiger partial charge in [-0.05, 0) is 24.3 Å². The molecule has 7 nitrogen and oxygen atoms in total. The Morgan fingerprint density at radius 1 is 1.20 bits per heavy atom. The van der Waals surface area contributed by atoms with Crippen LogP contribution in [0.25, 0.3) is 0 Å². The van der Waals surface area contributed by atoms with Crippen LogP contribution >= 0.6 is 6.72 Å². The van der Waals surface area contributed by atoms with Crippen molar-refractivity contribution in [3.8, 4) is 5.75 Å². The molecule has 1 aromatic rings. The Balaban J connectivity index is 2.95. The van der Waals surface area contributed by atoms with E-state index in [2.05, 4.69) is 0 Å². The number of amides is 1. The SMILES string of the molecule is COP(=S)(OC)Oc1ccc(S(=O)(=O)NC(C)=O)cc1. The molecule has 0 saturated heterocycles. The van der Waals surface area contributed by atoms with Crippen molar-refractivity contribution in [2.45, 2.75) is 11.8 Å². The van der Waals surface area contributed by atoms with Crippen LogP contribution < -0.4 is 9.25 Å². The van der Waals surface area contributed by atoms with E-state index < -0.39 is 22.6 Å². The first-order valence-electron chi connectivity index (χ1n) is 5.27. The first-order valence-corrected chi connectivity index (χ1v) is 9.31. The van der Waals surface area contributed by atoms with Gasteiger partial charge in [0.25, 0.3) is 10.0 Å². The molecule has 0 unspecified atom stereocenters. The first kappa shape index (κ1) is 17.1. The predicted molar refractivity (Wildman–Crippen MR) is 76.4 cm³/mol. The maximum atomic E-state index is 11.7. The average molecular weight is 339 g/mol. The van der Waals surface area contributed by atoms with Crippen LogP contribution in [0.2, 0.25) is 0 Å². The minimum absolute atomic E-state index is 0.0665. The number of carbonyl (C=O) groups excluding carboxylic acids is 1. The fourth-order valence-corrected chi connectivity index (χ4v) is 3.13. The molecule has 0 heterocycles. The van der Waals surface area contributed by atoms with Gasteiger partial charge in [-0.15, -0.1) is 0 Å². The molecule has 20 heavy (non-hydrogen) atoms. The molecule has 0 spiro atoms. The fourth-order valence-electron chi connectivity index (χ4n) is 1.21. The number of sulfonamides is 1. The third-order valence-corrected chi connectivity index (χ3v) is 5.97. The van der Waals surface area contributed by atoms with Gasteiger partial charge < -0.3 is 13.6 Å². The molecule has 0 radical (unpaired) electrons. The minimum atomic E-state index is -3.87. The van der Waals surface area contributed by atoms with Crippen molar-refractivity contribution < 1.29 is 26.8 Å². The topological polar surface area (TPSA) is 90.9 Å². The Kier molecular flexibility index (Phi) is 5.67. The molecule has 10 heteroatoms. The van der Waals surface area contributed by atoms with Crippen LogP contribution in [-0.2, 0) is 35.7 Å². The minimum Gasteiger partial charge on any atom is -0.424 e. The summed E-state index contributed by atoms with van der Waals surface area (Å²) in [6.45, 7) is -1.75. The van der Waals surface area contributed by atoms with Crippen molar-refractivity contribution in [2.75, 3.05) is 14.2 Å². The quantitative estimate of drug-likeness (QED) is 0.784. The molecule has 0 fully saturated rings. The molecule has 0 bridgehead atoms. The second-order valence-electron chi connectivity index (χ2n) is 3.54. The lowest BCUT2D eigenvalue weighted by atomic mass is 10.3. The Bertz CT molecular complexity index is 620. The summed E-state index contributed by atoms with van der Waals surface area (Å²) in [5.41, 5.74) is 0. The summed E-state index contributed by atoms with van der Waals surface area (Å²) in [4.78, 5) is 10.7. The zero-order valence-corrected chi connectivity index (χ0v) is 13.6. The van der Waals surface area contributed by atoms with Gasteiger partial charge in [0.2, 0.25) is 5.91 Å². The van der Waals surface area contributed by atoms with E-state index in [0.717, 1.165) is 6.92 Å². The third kappa shape index (κ3) is 4.53. The molecule has 0 aliphatic carbocycles. The summed E-state index contributed by atoms with van der Waals surface area (Å²) in [6, 6.07) is 5.36. The smallest absolute Gasteiger partial charge is 0.380 e. The van der Waals surface area contributed by atoms with Crippen LogP contribution in [-0.4, -0.2) is 28.5 Å². The summed E-state index contributed by atoms with van der Waals surface area (Å²) in [5, 5.41) is 0. The van der Waals surface area contributed by atoms with E-state index in [4.69, 9.17) is 25.4 Å². The van der Waals surface area contributed by atoms with Crippen LogP contribution in [0.1, 0.15) is 6.92 Å². The summed E-state index contributed by atoms with van der Waals surface area (Å²) in [6.07, 6.45) is 0. The standard InChI is InChI=1S/C10H14NO6PS2/c1-8(12)11-20(13,14)10-6-4-9(5-7-10)17-18(19,15-2)16-3/h4-7H,1-3H3,(H,11,12). The lowest BCUT2D eigenvalue weighted by Gasteiger charge is -2.18. The Labute approximate surface area is 122 Å². The zero-order chi connectivity index (χ0) is 15.4. The summed E-state index contributed by atoms with van der Waals surface area (Å²) in [7, 11) is -1.14. The van der Waals surface area contributed by atoms with Gasteiger partial charge in [-0.3, -0.25) is 4.79 Å². The molecule has 112 valence electrons. The maximum Gasteiger partial charge on any atom is 0.380 e. The van der Waals surface area contributed by atoms with Gasteiger partial charge >= 0.3 is 6.72 Å². The lowest BCUT2D eigenvalue weighted by molar-refractivity contribution is -0.117. The van der Waals surface area contributed by atoms with Gasteiger partial charge in [0.05, 0.1) is 4.90 Å². The zero-order valence-electron chi connectivity index (χ0n) is 11.0. The van der Waals surface area contributed by atoms with Crippen LogP contribution in [0.5, 0.6) is 5.75 Å². The highest BCUT2D eigenvalue weighted by molar-refractivity contribution is 8.07.